The fourth-order valence-electron chi connectivity index (χ4n) is 2.85. The first-order valence-corrected chi connectivity index (χ1v) is 8.83. The molecule has 148 valence electrons. The van der Waals surface area contributed by atoms with Gasteiger partial charge in [-0.1, -0.05) is 30.3 Å². The molecule has 0 aromatic heterocycles. The SMILES string of the molecule is COC(=O)[C@H](CCC#N)NC(=O)C[C@@H]1NC(=O)[C@H](Cc2ccccc2)NC1=O. The first-order chi connectivity index (χ1) is 13.4. The standard InChI is InChI=1S/C19H22N4O5/c1-28-19(27)13(8-5-9-20)21-16(24)11-15-18(26)22-14(17(25)23-15)10-12-6-3-2-4-7-12/h2-4,6-7,13-15H,5,8,10-11H2,1H3,(H,21,24)(H,22,26)(H,23,25)/t13-,14-,15-/m0/s1. The van der Waals surface area contributed by atoms with E-state index in [1.165, 1.54) is 7.11 Å². The number of carbonyl (C=O) groups is 4. The van der Waals surface area contributed by atoms with Crippen LogP contribution >= 0.6 is 0 Å². The highest BCUT2D eigenvalue weighted by atomic mass is 16.5. The topological polar surface area (TPSA) is 137 Å². The maximum absolute atomic E-state index is 12.3. The molecule has 3 atom stereocenters. The molecule has 28 heavy (non-hydrogen) atoms. The van der Waals surface area contributed by atoms with E-state index in [4.69, 9.17) is 5.26 Å². The number of nitrogens with one attached hydrogen (secondary N) is 3. The van der Waals surface area contributed by atoms with Crippen LogP contribution in [0.5, 0.6) is 0 Å². The zero-order chi connectivity index (χ0) is 20.5. The Morgan fingerprint density at radius 2 is 1.82 bits per heavy atom. The lowest BCUT2D eigenvalue weighted by Gasteiger charge is -2.29. The summed E-state index contributed by atoms with van der Waals surface area (Å²) >= 11 is 0. The monoisotopic (exact) mass is 386 g/mol. The van der Waals surface area contributed by atoms with Gasteiger partial charge in [0.25, 0.3) is 0 Å². The molecule has 1 aliphatic heterocycles. The van der Waals surface area contributed by atoms with E-state index < -0.39 is 35.9 Å². The van der Waals surface area contributed by atoms with Crippen molar-refractivity contribution in [1.29, 1.82) is 5.26 Å². The second kappa shape index (κ2) is 10.1. The maximum atomic E-state index is 12.3. The molecule has 0 unspecified atom stereocenters. The van der Waals surface area contributed by atoms with Gasteiger partial charge in [-0.15, -0.1) is 0 Å². The maximum Gasteiger partial charge on any atom is 0.328 e. The summed E-state index contributed by atoms with van der Waals surface area (Å²) in [4.78, 5) is 48.4. The summed E-state index contributed by atoms with van der Waals surface area (Å²) in [5, 5.41) is 16.3. The van der Waals surface area contributed by atoms with Gasteiger partial charge in [0, 0.05) is 12.8 Å². The smallest absolute Gasteiger partial charge is 0.328 e. The van der Waals surface area contributed by atoms with E-state index >= 15 is 0 Å². The van der Waals surface area contributed by atoms with Crippen molar-refractivity contribution in [3.8, 4) is 6.07 Å². The number of hydrogen-bond donors (Lipinski definition) is 3. The minimum Gasteiger partial charge on any atom is -0.467 e. The van der Waals surface area contributed by atoms with Crippen LogP contribution in [0.1, 0.15) is 24.8 Å². The summed E-state index contributed by atoms with van der Waals surface area (Å²) in [6.45, 7) is 0. The molecule has 1 saturated heterocycles. The normalized spacial score (nSPS) is 19.6. The molecule has 2 rings (SSSR count). The zero-order valence-corrected chi connectivity index (χ0v) is 15.4. The molecule has 0 radical (unpaired) electrons. The van der Waals surface area contributed by atoms with Gasteiger partial charge in [-0.2, -0.15) is 5.26 Å². The van der Waals surface area contributed by atoms with Gasteiger partial charge in [0.2, 0.25) is 17.7 Å². The number of amides is 3. The van der Waals surface area contributed by atoms with Gasteiger partial charge >= 0.3 is 5.97 Å². The van der Waals surface area contributed by atoms with E-state index in [0.29, 0.717) is 6.42 Å². The molecular formula is C19H22N4O5. The fraction of sp³-hybridized carbons (Fsp3) is 0.421. The van der Waals surface area contributed by atoms with Crippen molar-refractivity contribution in [2.24, 2.45) is 0 Å². The van der Waals surface area contributed by atoms with E-state index in [-0.39, 0.29) is 25.2 Å². The highest BCUT2D eigenvalue weighted by Gasteiger charge is 2.35. The molecule has 1 aromatic rings. The van der Waals surface area contributed by atoms with Crippen LogP contribution in [0.15, 0.2) is 30.3 Å². The number of methoxy groups -OCH3 is 1. The summed E-state index contributed by atoms with van der Waals surface area (Å²) in [6, 6.07) is 8.41. The Kier molecular flexibility index (Phi) is 7.51. The van der Waals surface area contributed by atoms with Gasteiger partial charge in [0.1, 0.15) is 18.1 Å². The number of esters is 1. The Hall–Kier alpha value is -3.41. The van der Waals surface area contributed by atoms with Crippen LogP contribution in [0.4, 0.5) is 0 Å². The number of rotatable bonds is 8. The Labute approximate surface area is 162 Å². The quantitative estimate of drug-likeness (QED) is 0.518. The van der Waals surface area contributed by atoms with Crippen LogP contribution in [0.25, 0.3) is 0 Å². The number of nitrogens with zero attached hydrogens (tertiary/aromatic N) is 1. The third-order valence-electron chi connectivity index (χ3n) is 4.30. The molecule has 3 amide bonds. The van der Waals surface area contributed by atoms with Crippen molar-refractivity contribution < 1.29 is 23.9 Å². The number of hydrogen-bond acceptors (Lipinski definition) is 6. The minimum atomic E-state index is -1.03. The molecular weight excluding hydrogens is 364 g/mol. The van der Waals surface area contributed by atoms with Gasteiger partial charge in [0.05, 0.1) is 19.6 Å². The third kappa shape index (κ3) is 5.81. The average Bonchev–Trinajstić information content (AvgIpc) is 2.69. The predicted molar refractivity (Wildman–Crippen MR) is 97.4 cm³/mol. The summed E-state index contributed by atoms with van der Waals surface area (Å²) in [6.07, 6.45) is 0.171. The molecule has 9 heteroatoms. The Balaban J connectivity index is 1.91. The van der Waals surface area contributed by atoms with E-state index in [1.807, 2.05) is 36.4 Å². The van der Waals surface area contributed by atoms with Crippen molar-refractivity contribution >= 4 is 23.7 Å². The van der Waals surface area contributed by atoms with Gasteiger partial charge in [0.15, 0.2) is 0 Å². The third-order valence-corrected chi connectivity index (χ3v) is 4.30. The molecule has 9 nitrogen and oxygen atoms in total. The predicted octanol–water partition coefficient (Wildman–Crippen LogP) is -0.436. The first kappa shape index (κ1) is 20.9. The lowest BCUT2D eigenvalue weighted by atomic mass is 10.0. The molecule has 1 fully saturated rings. The summed E-state index contributed by atoms with van der Waals surface area (Å²) in [5.74, 6) is -2.13. The van der Waals surface area contributed by atoms with Crippen molar-refractivity contribution in [2.45, 2.75) is 43.8 Å². The van der Waals surface area contributed by atoms with E-state index in [2.05, 4.69) is 20.7 Å². The van der Waals surface area contributed by atoms with Crippen molar-refractivity contribution in [2.75, 3.05) is 7.11 Å². The van der Waals surface area contributed by atoms with Crippen molar-refractivity contribution in [3.05, 3.63) is 35.9 Å². The molecule has 1 heterocycles. The summed E-state index contributed by atoms with van der Waals surface area (Å²) in [7, 11) is 1.18. The Morgan fingerprint density at radius 1 is 1.18 bits per heavy atom. The summed E-state index contributed by atoms with van der Waals surface area (Å²) < 4.78 is 4.60. The van der Waals surface area contributed by atoms with Crippen LogP contribution in [-0.2, 0) is 30.3 Å². The zero-order valence-electron chi connectivity index (χ0n) is 15.4. The van der Waals surface area contributed by atoms with E-state index in [0.717, 1.165) is 5.56 Å². The number of nitriles is 1. The van der Waals surface area contributed by atoms with Crippen LogP contribution in [-0.4, -0.2) is 48.9 Å². The average molecular weight is 386 g/mol. The molecule has 0 aliphatic carbocycles. The van der Waals surface area contributed by atoms with Gasteiger partial charge < -0.3 is 20.7 Å². The first-order valence-electron chi connectivity index (χ1n) is 8.83. The molecule has 0 bridgehead atoms. The van der Waals surface area contributed by atoms with Gasteiger partial charge in [-0.3, -0.25) is 14.4 Å². The van der Waals surface area contributed by atoms with Gasteiger partial charge in [-0.25, -0.2) is 4.79 Å². The highest BCUT2D eigenvalue weighted by molar-refractivity contribution is 5.99. The molecule has 1 aromatic carbocycles. The number of carbonyl (C=O) groups excluding carboxylic acids is 4. The lowest BCUT2D eigenvalue weighted by Crippen LogP contribution is -2.63. The second-order valence-corrected chi connectivity index (χ2v) is 6.36. The second-order valence-electron chi connectivity index (χ2n) is 6.36. The van der Waals surface area contributed by atoms with Crippen molar-refractivity contribution in [3.63, 3.8) is 0 Å². The lowest BCUT2D eigenvalue weighted by molar-refractivity contribution is -0.145. The summed E-state index contributed by atoms with van der Waals surface area (Å²) in [5.41, 5.74) is 0.901. The van der Waals surface area contributed by atoms with Crippen LogP contribution in [0, 0.1) is 11.3 Å². The minimum absolute atomic E-state index is 0.0574. The molecule has 0 saturated carbocycles. The van der Waals surface area contributed by atoms with Crippen LogP contribution < -0.4 is 16.0 Å². The largest absolute Gasteiger partial charge is 0.467 e. The molecule has 0 spiro atoms. The van der Waals surface area contributed by atoms with Crippen molar-refractivity contribution in [1.82, 2.24) is 16.0 Å². The Morgan fingerprint density at radius 3 is 2.46 bits per heavy atom. The van der Waals surface area contributed by atoms with E-state index in [1.54, 1.807) is 0 Å². The fourth-order valence-corrected chi connectivity index (χ4v) is 2.85. The molecule has 3 N–H and O–H groups in total. The number of piperazine rings is 1. The van der Waals surface area contributed by atoms with Gasteiger partial charge in [-0.05, 0) is 12.0 Å². The van der Waals surface area contributed by atoms with E-state index in [9.17, 15) is 19.2 Å². The Bertz CT molecular complexity index is 774. The highest BCUT2D eigenvalue weighted by Crippen LogP contribution is 2.09. The van der Waals surface area contributed by atoms with Crippen LogP contribution in [0.2, 0.25) is 0 Å². The number of ether oxygens (including phenoxy) is 1. The number of benzene rings is 1. The molecule has 1 aliphatic rings. The van der Waals surface area contributed by atoms with Crippen LogP contribution in [0.3, 0.4) is 0 Å².